The summed E-state index contributed by atoms with van der Waals surface area (Å²) in [5, 5.41) is 0. The number of halogens is 1. The molecule has 2 fully saturated rings. The maximum atomic E-state index is 13.2. The highest BCUT2D eigenvalue weighted by atomic mass is 19.1. The van der Waals surface area contributed by atoms with Gasteiger partial charge < -0.3 is 15.5 Å². The number of carbonyl (C=O) groups is 2. The van der Waals surface area contributed by atoms with Crippen LogP contribution in [0.2, 0.25) is 0 Å². The van der Waals surface area contributed by atoms with E-state index in [1.54, 1.807) is 21.9 Å². The molecule has 1 saturated carbocycles. The van der Waals surface area contributed by atoms with Crippen LogP contribution in [0, 0.1) is 11.7 Å². The summed E-state index contributed by atoms with van der Waals surface area (Å²) < 4.78 is 13.2. The zero-order chi connectivity index (χ0) is 17.1. The summed E-state index contributed by atoms with van der Waals surface area (Å²) in [6, 6.07) is 6.37. The number of amides is 2. The van der Waals surface area contributed by atoms with E-state index < -0.39 is 0 Å². The Labute approximate surface area is 141 Å². The molecule has 2 aliphatic rings. The van der Waals surface area contributed by atoms with Gasteiger partial charge in [0, 0.05) is 32.1 Å². The Kier molecular flexibility index (Phi) is 5.14. The minimum Gasteiger partial charge on any atom is -0.335 e. The van der Waals surface area contributed by atoms with Gasteiger partial charge in [-0.25, -0.2) is 4.39 Å². The lowest BCUT2D eigenvalue weighted by atomic mass is 9.99. The van der Waals surface area contributed by atoms with Crippen LogP contribution in [0.15, 0.2) is 24.3 Å². The molecule has 0 spiro atoms. The predicted molar refractivity (Wildman–Crippen MR) is 88.3 cm³/mol. The second kappa shape index (κ2) is 7.30. The van der Waals surface area contributed by atoms with Crippen LogP contribution in [0.1, 0.15) is 31.2 Å². The molecule has 1 aromatic carbocycles. The molecule has 1 heterocycles. The summed E-state index contributed by atoms with van der Waals surface area (Å²) in [7, 11) is 0. The van der Waals surface area contributed by atoms with Gasteiger partial charge >= 0.3 is 0 Å². The number of benzene rings is 1. The minimum atomic E-state index is -0.304. The van der Waals surface area contributed by atoms with Crippen LogP contribution in [-0.2, 0) is 16.1 Å². The van der Waals surface area contributed by atoms with Crippen molar-refractivity contribution in [1.29, 1.82) is 0 Å². The van der Waals surface area contributed by atoms with Gasteiger partial charge in [0.25, 0.3) is 0 Å². The van der Waals surface area contributed by atoms with Gasteiger partial charge in [-0.3, -0.25) is 9.59 Å². The molecule has 1 aromatic rings. The van der Waals surface area contributed by atoms with E-state index in [1.165, 1.54) is 12.1 Å². The molecule has 5 nitrogen and oxygen atoms in total. The molecule has 2 amide bonds. The Morgan fingerprint density at radius 1 is 1.29 bits per heavy atom. The Morgan fingerprint density at radius 3 is 2.79 bits per heavy atom. The standard InChI is InChI=1S/C18H24FN3O2/c19-15-5-1-3-13(9-15)11-21-7-8-22(12-18(21)24)17(23)10-14-4-2-6-16(14)20/h1,3,5,9,14,16H,2,4,6-8,10-12,20H2/t14-,16+/m0/s1. The normalized spacial score (nSPS) is 24.5. The number of piperazine rings is 1. The molecule has 1 aliphatic carbocycles. The Hall–Kier alpha value is -1.95. The van der Waals surface area contributed by atoms with Crippen molar-refractivity contribution in [3.63, 3.8) is 0 Å². The van der Waals surface area contributed by atoms with Crippen molar-refractivity contribution in [3.8, 4) is 0 Å². The van der Waals surface area contributed by atoms with Crippen molar-refractivity contribution in [1.82, 2.24) is 9.80 Å². The van der Waals surface area contributed by atoms with E-state index in [2.05, 4.69) is 0 Å². The minimum absolute atomic E-state index is 0.0242. The highest BCUT2D eigenvalue weighted by Gasteiger charge is 2.31. The van der Waals surface area contributed by atoms with Gasteiger partial charge in [0.1, 0.15) is 5.82 Å². The lowest BCUT2D eigenvalue weighted by Crippen LogP contribution is -2.52. The van der Waals surface area contributed by atoms with Gasteiger partial charge in [-0.15, -0.1) is 0 Å². The monoisotopic (exact) mass is 333 g/mol. The van der Waals surface area contributed by atoms with Crippen LogP contribution >= 0.6 is 0 Å². The number of nitrogens with zero attached hydrogens (tertiary/aromatic N) is 2. The lowest BCUT2D eigenvalue weighted by molar-refractivity contribution is -0.146. The number of hydrogen-bond acceptors (Lipinski definition) is 3. The fraction of sp³-hybridized carbons (Fsp3) is 0.556. The Morgan fingerprint density at radius 2 is 2.12 bits per heavy atom. The molecule has 0 bridgehead atoms. The van der Waals surface area contributed by atoms with E-state index in [9.17, 15) is 14.0 Å². The summed E-state index contributed by atoms with van der Waals surface area (Å²) >= 11 is 0. The van der Waals surface area contributed by atoms with Gasteiger partial charge in [-0.05, 0) is 36.5 Å². The first kappa shape index (κ1) is 16.9. The van der Waals surface area contributed by atoms with Crippen LogP contribution in [0.5, 0.6) is 0 Å². The van der Waals surface area contributed by atoms with E-state index >= 15 is 0 Å². The van der Waals surface area contributed by atoms with E-state index in [0.29, 0.717) is 26.1 Å². The van der Waals surface area contributed by atoms with Crippen molar-refractivity contribution in [2.75, 3.05) is 19.6 Å². The van der Waals surface area contributed by atoms with E-state index in [-0.39, 0.29) is 36.1 Å². The van der Waals surface area contributed by atoms with Crippen molar-refractivity contribution in [3.05, 3.63) is 35.6 Å². The summed E-state index contributed by atoms with van der Waals surface area (Å²) in [6.45, 7) is 1.50. The SMILES string of the molecule is N[C@@H]1CCC[C@H]1CC(=O)N1CCN(Cc2cccc(F)c2)C(=O)C1. The Balaban J connectivity index is 1.53. The number of carbonyl (C=O) groups excluding carboxylic acids is 2. The van der Waals surface area contributed by atoms with E-state index in [0.717, 1.165) is 24.8 Å². The third-order valence-corrected chi connectivity index (χ3v) is 5.09. The second-order valence-electron chi connectivity index (χ2n) is 6.82. The molecule has 2 N–H and O–H groups in total. The fourth-order valence-electron chi connectivity index (χ4n) is 3.62. The van der Waals surface area contributed by atoms with Crippen LogP contribution in [0.3, 0.4) is 0 Å². The molecular weight excluding hydrogens is 309 g/mol. The van der Waals surface area contributed by atoms with Crippen molar-refractivity contribution in [2.45, 2.75) is 38.3 Å². The quantitative estimate of drug-likeness (QED) is 0.908. The van der Waals surface area contributed by atoms with E-state index in [4.69, 9.17) is 5.73 Å². The average molecular weight is 333 g/mol. The van der Waals surface area contributed by atoms with Crippen LogP contribution in [-0.4, -0.2) is 47.3 Å². The zero-order valence-electron chi connectivity index (χ0n) is 13.8. The predicted octanol–water partition coefficient (Wildman–Crippen LogP) is 1.51. The molecule has 1 aliphatic heterocycles. The molecule has 2 atom stereocenters. The van der Waals surface area contributed by atoms with Gasteiger partial charge in [-0.2, -0.15) is 0 Å². The van der Waals surface area contributed by atoms with Gasteiger partial charge in [-0.1, -0.05) is 18.6 Å². The number of nitrogens with two attached hydrogens (primary N) is 1. The van der Waals surface area contributed by atoms with Crippen LogP contribution < -0.4 is 5.73 Å². The molecule has 130 valence electrons. The first-order valence-electron chi connectivity index (χ1n) is 8.58. The van der Waals surface area contributed by atoms with Gasteiger partial charge in [0.05, 0.1) is 6.54 Å². The fourth-order valence-corrected chi connectivity index (χ4v) is 3.62. The van der Waals surface area contributed by atoms with E-state index in [1.807, 2.05) is 0 Å². The highest BCUT2D eigenvalue weighted by molar-refractivity contribution is 5.86. The molecule has 6 heteroatoms. The topological polar surface area (TPSA) is 66.6 Å². The number of hydrogen-bond donors (Lipinski definition) is 1. The van der Waals surface area contributed by atoms with Crippen LogP contribution in [0.4, 0.5) is 4.39 Å². The third kappa shape index (κ3) is 3.93. The first-order chi connectivity index (χ1) is 11.5. The molecular formula is C18H24FN3O2. The van der Waals surface area contributed by atoms with Crippen molar-refractivity contribution < 1.29 is 14.0 Å². The largest absolute Gasteiger partial charge is 0.335 e. The average Bonchev–Trinajstić information content (AvgIpc) is 2.94. The molecule has 1 saturated heterocycles. The summed E-state index contributed by atoms with van der Waals surface area (Å²) in [5.74, 6) is -0.120. The molecule has 0 aromatic heterocycles. The summed E-state index contributed by atoms with van der Waals surface area (Å²) in [6.07, 6.45) is 3.51. The molecule has 0 radical (unpaired) electrons. The number of rotatable bonds is 4. The summed E-state index contributed by atoms with van der Waals surface area (Å²) in [4.78, 5) is 28.0. The van der Waals surface area contributed by atoms with Crippen LogP contribution in [0.25, 0.3) is 0 Å². The first-order valence-corrected chi connectivity index (χ1v) is 8.58. The van der Waals surface area contributed by atoms with Crippen molar-refractivity contribution >= 4 is 11.8 Å². The lowest BCUT2D eigenvalue weighted by Gasteiger charge is -2.35. The molecule has 0 unspecified atom stereocenters. The van der Waals surface area contributed by atoms with Gasteiger partial charge in [0.15, 0.2) is 0 Å². The maximum absolute atomic E-state index is 13.2. The molecule has 3 rings (SSSR count). The smallest absolute Gasteiger partial charge is 0.242 e. The third-order valence-electron chi connectivity index (χ3n) is 5.09. The summed E-state index contributed by atoms with van der Waals surface area (Å²) in [5.41, 5.74) is 6.79. The van der Waals surface area contributed by atoms with Gasteiger partial charge in [0.2, 0.25) is 11.8 Å². The zero-order valence-corrected chi connectivity index (χ0v) is 13.8. The molecule has 24 heavy (non-hydrogen) atoms. The van der Waals surface area contributed by atoms with Crippen molar-refractivity contribution in [2.24, 2.45) is 11.7 Å². The maximum Gasteiger partial charge on any atom is 0.242 e. The second-order valence-corrected chi connectivity index (χ2v) is 6.82. The highest BCUT2D eigenvalue weighted by Crippen LogP contribution is 2.27. The Bertz CT molecular complexity index is 622.